The van der Waals surface area contributed by atoms with Gasteiger partial charge in [0.2, 0.25) is 0 Å². The van der Waals surface area contributed by atoms with E-state index in [0.717, 1.165) is 25.9 Å². The van der Waals surface area contributed by atoms with Gasteiger partial charge in [-0.2, -0.15) is 0 Å². The van der Waals surface area contributed by atoms with Gasteiger partial charge in [-0.1, -0.05) is 12.8 Å². The molecule has 2 heterocycles. The van der Waals surface area contributed by atoms with E-state index in [1.54, 1.807) is 0 Å². The van der Waals surface area contributed by atoms with Crippen molar-refractivity contribution in [1.82, 2.24) is 14.9 Å². The van der Waals surface area contributed by atoms with Crippen molar-refractivity contribution < 1.29 is 8.78 Å². The number of guanidine groups is 1. The molecule has 0 radical (unpaired) electrons. The molecule has 7 heteroatoms. The number of hydrogen-bond donors (Lipinski definition) is 1. The third kappa shape index (κ3) is 4.11. The lowest BCUT2D eigenvalue weighted by Gasteiger charge is -2.20. The molecule has 0 atom stereocenters. The Labute approximate surface area is 116 Å². The lowest BCUT2D eigenvalue weighted by atomic mass is 10.2. The molecular formula is C13H19F2N5. The van der Waals surface area contributed by atoms with Crippen molar-refractivity contribution in [2.75, 3.05) is 13.1 Å². The van der Waals surface area contributed by atoms with E-state index in [1.165, 1.54) is 25.1 Å². The number of alkyl halides is 2. The van der Waals surface area contributed by atoms with Crippen LogP contribution < -0.4 is 5.73 Å². The second kappa shape index (κ2) is 7.12. The molecule has 110 valence electrons. The molecule has 0 spiro atoms. The van der Waals surface area contributed by atoms with Crippen LogP contribution in [0.4, 0.5) is 8.78 Å². The second-order valence-electron chi connectivity index (χ2n) is 4.77. The summed E-state index contributed by atoms with van der Waals surface area (Å²) in [6.07, 6.45) is 3.36. The molecule has 1 saturated heterocycles. The fourth-order valence-corrected chi connectivity index (χ4v) is 2.16. The number of halogens is 2. The Balaban J connectivity index is 1.98. The molecule has 0 bridgehead atoms. The molecule has 2 rings (SSSR count). The number of rotatable bonds is 3. The molecule has 1 aliphatic heterocycles. The maximum absolute atomic E-state index is 12.5. The number of hydrogen-bond acceptors (Lipinski definition) is 3. The van der Waals surface area contributed by atoms with E-state index < -0.39 is 6.43 Å². The molecule has 5 nitrogen and oxygen atoms in total. The van der Waals surface area contributed by atoms with E-state index in [2.05, 4.69) is 15.0 Å². The minimum atomic E-state index is -2.59. The highest BCUT2D eigenvalue weighted by Crippen LogP contribution is 2.15. The van der Waals surface area contributed by atoms with Gasteiger partial charge in [-0.25, -0.2) is 23.7 Å². The van der Waals surface area contributed by atoms with Crippen LogP contribution >= 0.6 is 0 Å². The molecular weight excluding hydrogens is 264 g/mol. The van der Waals surface area contributed by atoms with Crippen LogP contribution in [0, 0.1) is 0 Å². The van der Waals surface area contributed by atoms with E-state index in [1.807, 2.05) is 4.90 Å². The average Bonchev–Trinajstić information content (AvgIpc) is 2.74. The Kier molecular flexibility index (Phi) is 5.20. The first-order valence-electron chi connectivity index (χ1n) is 6.81. The molecule has 0 saturated carbocycles. The van der Waals surface area contributed by atoms with Crippen LogP contribution in [0.25, 0.3) is 0 Å². The van der Waals surface area contributed by atoms with Crippen molar-refractivity contribution in [1.29, 1.82) is 0 Å². The monoisotopic (exact) mass is 283 g/mol. The SMILES string of the molecule is NC(=NCc1nccc(C(F)F)n1)N1CCCCCC1. The van der Waals surface area contributed by atoms with Gasteiger partial charge in [0.1, 0.15) is 18.1 Å². The smallest absolute Gasteiger partial charge is 0.280 e. The quantitative estimate of drug-likeness (QED) is 0.681. The summed E-state index contributed by atoms with van der Waals surface area (Å²) in [5.74, 6) is 0.707. The van der Waals surface area contributed by atoms with Gasteiger partial charge in [0.25, 0.3) is 6.43 Å². The van der Waals surface area contributed by atoms with Crippen LogP contribution in [0.15, 0.2) is 17.3 Å². The number of aliphatic imine (C=N–C) groups is 1. The van der Waals surface area contributed by atoms with E-state index in [4.69, 9.17) is 5.73 Å². The summed E-state index contributed by atoms with van der Waals surface area (Å²) in [7, 11) is 0. The number of nitrogens with zero attached hydrogens (tertiary/aromatic N) is 4. The van der Waals surface area contributed by atoms with E-state index in [9.17, 15) is 8.78 Å². The lowest BCUT2D eigenvalue weighted by molar-refractivity contribution is 0.145. The highest BCUT2D eigenvalue weighted by Gasteiger charge is 2.12. The maximum atomic E-state index is 12.5. The van der Waals surface area contributed by atoms with Gasteiger partial charge in [-0.15, -0.1) is 0 Å². The Bertz CT molecular complexity index is 456. The predicted molar refractivity (Wildman–Crippen MR) is 72.4 cm³/mol. The topological polar surface area (TPSA) is 67.4 Å². The molecule has 0 amide bonds. The van der Waals surface area contributed by atoms with Crippen molar-refractivity contribution in [2.45, 2.75) is 38.7 Å². The van der Waals surface area contributed by atoms with Gasteiger partial charge in [-0.05, 0) is 18.9 Å². The minimum Gasteiger partial charge on any atom is -0.370 e. The Morgan fingerprint density at radius 2 is 2.00 bits per heavy atom. The lowest BCUT2D eigenvalue weighted by Crippen LogP contribution is -2.38. The Morgan fingerprint density at radius 1 is 1.30 bits per heavy atom. The summed E-state index contributed by atoms with van der Waals surface area (Å²) in [4.78, 5) is 13.9. The van der Waals surface area contributed by atoms with Gasteiger partial charge in [0.05, 0.1) is 0 Å². The first kappa shape index (κ1) is 14.6. The van der Waals surface area contributed by atoms with E-state index >= 15 is 0 Å². The van der Waals surface area contributed by atoms with Gasteiger partial charge in [0.15, 0.2) is 5.96 Å². The van der Waals surface area contributed by atoms with Gasteiger partial charge < -0.3 is 10.6 Å². The van der Waals surface area contributed by atoms with Crippen molar-refractivity contribution in [3.05, 3.63) is 23.8 Å². The summed E-state index contributed by atoms with van der Waals surface area (Å²) in [6, 6.07) is 1.20. The first-order valence-corrected chi connectivity index (χ1v) is 6.81. The number of likely N-dealkylation sites (tertiary alicyclic amines) is 1. The molecule has 1 aromatic rings. The minimum absolute atomic E-state index is 0.128. The zero-order valence-corrected chi connectivity index (χ0v) is 11.3. The highest BCUT2D eigenvalue weighted by molar-refractivity contribution is 5.78. The normalized spacial score (nSPS) is 17.4. The average molecular weight is 283 g/mol. The van der Waals surface area contributed by atoms with Crippen LogP contribution in [0.1, 0.15) is 43.6 Å². The molecule has 2 N–H and O–H groups in total. The first-order chi connectivity index (χ1) is 9.66. The van der Waals surface area contributed by atoms with Crippen molar-refractivity contribution >= 4 is 5.96 Å². The molecule has 0 aliphatic carbocycles. The fourth-order valence-electron chi connectivity index (χ4n) is 2.16. The summed E-state index contributed by atoms with van der Waals surface area (Å²) >= 11 is 0. The highest BCUT2D eigenvalue weighted by atomic mass is 19.3. The number of aromatic nitrogens is 2. The zero-order chi connectivity index (χ0) is 14.4. The Hall–Kier alpha value is -1.79. The van der Waals surface area contributed by atoms with Crippen molar-refractivity contribution in [2.24, 2.45) is 10.7 Å². The van der Waals surface area contributed by atoms with Crippen LogP contribution in [-0.4, -0.2) is 33.9 Å². The van der Waals surface area contributed by atoms with Gasteiger partial charge >= 0.3 is 0 Å². The van der Waals surface area contributed by atoms with Crippen LogP contribution in [0.3, 0.4) is 0 Å². The summed E-state index contributed by atoms with van der Waals surface area (Å²) < 4.78 is 25.0. The van der Waals surface area contributed by atoms with E-state index in [0.29, 0.717) is 5.96 Å². The summed E-state index contributed by atoms with van der Waals surface area (Å²) in [6.45, 7) is 1.92. The van der Waals surface area contributed by atoms with Gasteiger partial charge in [-0.3, -0.25) is 0 Å². The molecule has 0 aromatic carbocycles. The molecule has 0 unspecified atom stereocenters. The van der Waals surface area contributed by atoms with Crippen LogP contribution in [-0.2, 0) is 6.54 Å². The van der Waals surface area contributed by atoms with Crippen molar-refractivity contribution in [3.8, 4) is 0 Å². The molecule has 1 aliphatic rings. The van der Waals surface area contributed by atoms with Gasteiger partial charge in [0, 0.05) is 19.3 Å². The molecule has 1 fully saturated rings. The Morgan fingerprint density at radius 3 is 2.65 bits per heavy atom. The standard InChI is InChI=1S/C13H19F2N5/c14-12(15)10-5-6-17-11(19-10)9-18-13(16)20-7-3-1-2-4-8-20/h5-6,12H,1-4,7-9H2,(H2,16,18). The maximum Gasteiger partial charge on any atom is 0.280 e. The zero-order valence-electron chi connectivity index (χ0n) is 11.3. The van der Waals surface area contributed by atoms with Crippen LogP contribution in [0.2, 0.25) is 0 Å². The molecule has 20 heavy (non-hydrogen) atoms. The summed E-state index contributed by atoms with van der Waals surface area (Å²) in [5, 5.41) is 0. The van der Waals surface area contributed by atoms with Crippen LogP contribution in [0.5, 0.6) is 0 Å². The van der Waals surface area contributed by atoms with Crippen molar-refractivity contribution in [3.63, 3.8) is 0 Å². The fraction of sp³-hybridized carbons (Fsp3) is 0.615. The third-order valence-corrected chi connectivity index (χ3v) is 3.26. The number of nitrogens with two attached hydrogens (primary N) is 1. The second-order valence-corrected chi connectivity index (χ2v) is 4.77. The summed E-state index contributed by atoms with van der Waals surface area (Å²) in [5.41, 5.74) is 5.66. The molecule has 1 aromatic heterocycles. The third-order valence-electron chi connectivity index (χ3n) is 3.26. The largest absolute Gasteiger partial charge is 0.370 e. The van der Waals surface area contributed by atoms with E-state index in [-0.39, 0.29) is 18.1 Å². The predicted octanol–water partition coefficient (Wildman–Crippen LogP) is 2.10.